The summed E-state index contributed by atoms with van der Waals surface area (Å²) < 4.78 is 53.7. The van der Waals surface area contributed by atoms with E-state index in [0.29, 0.717) is 6.54 Å². The molecule has 150 valence electrons. The Morgan fingerprint density at radius 3 is 2.96 bits per heavy atom. The minimum atomic E-state index is -3.08. The molecule has 0 saturated carbocycles. The smallest absolute Gasteiger partial charge is 0.385 e. The van der Waals surface area contributed by atoms with Crippen LogP contribution in [0.2, 0.25) is 0 Å². The molecule has 1 aromatic carbocycles. The number of hydrogen-bond donors (Lipinski definition) is 2. The molecule has 28 heavy (non-hydrogen) atoms. The van der Waals surface area contributed by atoms with Crippen molar-refractivity contribution in [2.75, 3.05) is 18.5 Å². The third-order valence-electron chi connectivity index (χ3n) is 4.16. The maximum Gasteiger partial charge on any atom is 0.419 e. The van der Waals surface area contributed by atoms with E-state index >= 15 is 0 Å². The second kappa shape index (κ2) is 7.89. The van der Waals surface area contributed by atoms with Gasteiger partial charge in [0.25, 0.3) is 6.43 Å². The number of halogens is 3. The van der Waals surface area contributed by atoms with Crippen molar-refractivity contribution in [2.45, 2.75) is 25.4 Å². The Labute approximate surface area is 158 Å². The van der Waals surface area contributed by atoms with E-state index in [-0.39, 0.29) is 24.1 Å². The molecule has 0 aliphatic carbocycles. The summed E-state index contributed by atoms with van der Waals surface area (Å²) in [4.78, 5) is 19.7. The van der Waals surface area contributed by atoms with Crippen molar-refractivity contribution in [2.24, 2.45) is 10.7 Å². The molecule has 1 aliphatic heterocycles. The zero-order valence-electron chi connectivity index (χ0n) is 14.9. The molecule has 2 aromatic rings. The number of hydrogen-bond acceptors (Lipinski definition) is 6. The highest BCUT2D eigenvalue weighted by atomic mass is 19.3. The van der Waals surface area contributed by atoms with Crippen LogP contribution >= 0.6 is 0 Å². The van der Waals surface area contributed by atoms with Crippen LogP contribution in [0.15, 0.2) is 35.6 Å². The van der Waals surface area contributed by atoms with Gasteiger partial charge in [-0.3, -0.25) is 10.3 Å². The number of benzene rings is 1. The Morgan fingerprint density at radius 2 is 2.29 bits per heavy atom. The van der Waals surface area contributed by atoms with Gasteiger partial charge in [-0.25, -0.2) is 22.9 Å². The Balaban J connectivity index is 1.87. The summed E-state index contributed by atoms with van der Waals surface area (Å²) in [5.74, 6) is -1.10. The summed E-state index contributed by atoms with van der Waals surface area (Å²) >= 11 is 0. The number of carbonyl (C=O) groups excluding carboxylic acids is 1. The van der Waals surface area contributed by atoms with Crippen LogP contribution in [0.3, 0.4) is 0 Å². The molecular weight excluding hydrogens is 379 g/mol. The second-order valence-corrected chi connectivity index (χ2v) is 6.03. The largest absolute Gasteiger partial charge is 0.419 e. The molecule has 8 nitrogen and oxygen atoms in total. The number of anilines is 1. The van der Waals surface area contributed by atoms with Gasteiger partial charge in [0.2, 0.25) is 0 Å². The quantitative estimate of drug-likeness (QED) is 0.807. The maximum atomic E-state index is 14.4. The number of carbonyl (C=O) groups is 1. The molecule has 3 N–H and O–H groups in total. The summed E-state index contributed by atoms with van der Waals surface area (Å²) in [6, 6.07) is 3.27. The van der Waals surface area contributed by atoms with Crippen molar-refractivity contribution in [1.29, 1.82) is 0 Å². The molecule has 0 radical (unpaired) electrons. The molecule has 3 rings (SSSR count). The van der Waals surface area contributed by atoms with Crippen LogP contribution in [-0.4, -0.2) is 41.1 Å². The number of nitrogens with two attached hydrogens (primary N) is 1. The van der Waals surface area contributed by atoms with E-state index in [9.17, 15) is 18.0 Å². The van der Waals surface area contributed by atoms with Gasteiger partial charge in [-0.15, -0.1) is 0 Å². The van der Waals surface area contributed by atoms with E-state index in [1.165, 1.54) is 12.3 Å². The third-order valence-corrected chi connectivity index (χ3v) is 4.16. The molecule has 0 fully saturated rings. The number of alkyl halides is 2. The van der Waals surface area contributed by atoms with Gasteiger partial charge in [-0.05, 0) is 25.1 Å². The lowest BCUT2D eigenvalue weighted by molar-refractivity contribution is -0.0145. The van der Waals surface area contributed by atoms with Gasteiger partial charge in [-0.1, -0.05) is 0 Å². The van der Waals surface area contributed by atoms with E-state index in [4.69, 9.17) is 15.2 Å². The SMILES string of the molecule is CCn1ccnc1OC(=O)Nc1ccc(F)c([C@]2(C(F)F)COCC(N)=N2)c1. The number of nitrogens with zero attached hydrogens (tertiary/aromatic N) is 3. The fourth-order valence-corrected chi connectivity index (χ4v) is 2.80. The average Bonchev–Trinajstić information content (AvgIpc) is 3.10. The molecule has 0 unspecified atom stereocenters. The number of amides is 1. The van der Waals surface area contributed by atoms with Gasteiger partial charge in [0.05, 0.1) is 6.61 Å². The summed E-state index contributed by atoms with van der Waals surface area (Å²) in [5, 5.41) is 2.36. The van der Waals surface area contributed by atoms with E-state index < -0.39 is 36.0 Å². The fraction of sp³-hybridized carbons (Fsp3) is 0.353. The van der Waals surface area contributed by atoms with E-state index in [2.05, 4.69) is 15.3 Å². The lowest BCUT2D eigenvalue weighted by Crippen LogP contribution is -2.45. The molecule has 1 atom stereocenters. The number of aliphatic imine (C=N–C) groups is 1. The zero-order valence-corrected chi connectivity index (χ0v) is 14.9. The van der Waals surface area contributed by atoms with Crippen LogP contribution in [-0.2, 0) is 16.8 Å². The molecule has 0 bridgehead atoms. The van der Waals surface area contributed by atoms with Gasteiger partial charge < -0.3 is 19.8 Å². The predicted molar refractivity (Wildman–Crippen MR) is 94.1 cm³/mol. The van der Waals surface area contributed by atoms with Crippen LogP contribution in [0, 0.1) is 5.82 Å². The molecule has 1 aliphatic rings. The number of nitrogens with one attached hydrogen (secondary N) is 1. The Hall–Kier alpha value is -3.08. The lowest BCUT2D eigenvalue weighted by Gasteiger charge is -2.33. The minimum Gasteiger partial charge on any atom is -0.385 e. The molecule has 2 heterocycles. The molecular formula is C17H18F3N5O3. The highest BCUT2D eigenvalue weighted by molar-refractivity contribution is 5.86. The Bertz CT molecular complexity index is 902. The van der Waals surface area contributed by atoms with E-state index in [0.717, 1.165) is 12.1 Å². The molecule has 1 aromatic heterocycles. The van der Waals surface area contributed by atoms with Crippen LogP contribution in [0.25, 0.3) is 0 Å². The second-order valence-electron chi connectivity index (χ2n) is 6.03. The summed E-state index contributed by atoms with van der Waals surface area (Å²) in [7, 11) is 0. The van der Waals surface area contributed by atoms with Crippen molar-refractivity contribution < 1.29 is 27.4 Å². The zero-order chi connectivity index (χ0) is 20.3. The van der Waals surface area contributed by atoms with Crippen LogP contribution < -0.4 is 15.8 Å². The number of rotatable bonds is 5. The first-order chi connectivity index (χ1) is 13.4. The third kappa shape index (κ3) is 3.79. The Morgan fingerprint density at radius 1 is 1.50 bits per heavy atom. The van der Waals surface area contributed by atoms with Crippen molar-refractivity contribution in [3.05, 3.63) is 42.0 Å². The molecule has 1 amide bonds. The highest BCUT2D eigenvalue weighted by Crippen LogP contribution is 2.37. The molecule has 11 heteroatoms. The van der Waals surface area contributed by atoms with Crippen molar-refractivity contribution in [3.8, 4) is 6.01 Å². The van der Waals surface area contributed by atoms with Crippen LogP contribution in [0.1, 0.15) is 12.5 Å². The molecule has 0 spiro atoms. The van der Waals surface area contributed by atoms with Gasteiger partial charge in [0, 0.05) is 30.2 Å². The van der Waals surface area contributed by atoms with Gasteiger partial charge >= 0.3 is 12.1 Å². The topological polar surface area (TPSA) is 104 Å². The monoisotopic (exact) mass is 397 g/mol. The van der Waals surface area contributed by atoms with E-state index in [1.54, 1.807) is 10.8 Å². The minimum absolute atomic E-state index is 0.0374. The lowest BCUT2D eigenvalue weighted by atomic mass is 9.90. The summed E-state index contributed by atoms with van der Waals surface area (Å²) in [6.45, 7) is 1.69. The fourth-order valence-electron chi connectivity index (χ4n) is 2.80. The predicted octanol–water partition coefficient (Wildman–Crippen LogP) is 2.50. The average molecular weight is 397 g/mol. The first-order valence-electron chi connectivity index (χ1n) is 8.36. The van der Waals surface area contributed by atoms with Gasteiger partial charge in [0.15, 0.2) is 5.54 Å². The van der Waals surface area contributed by atoms with Gasteiger partial charge in [0.1, 0.15) is 18.3 Å². The van der Waals surface area contributed by atoms with Crippen LogP contribution in [0.4, 0.5) is 23.7 Å². The van der Waals surface area contributed by atoms with Crippen molar-refractivity contribution >= 4 is 17.6 Å². The highest BCUT2D eigenvalue weighted by Gasteiger charge is 2.46. The van der Waals surface area contributed by atoms with E-state index in [1.807, 2.05) is 6.92 Å². The standard InChI is InChI=1S/C17H18F3N5O3/c1-2-25-6-5-22-15(25)28-16(26)23-10-3-4-12(18)11(7-10)17(14(19)20)9-27-8-13(21)24-17/h3-7,14H,2,8-9H2,1H3,(H2,21,24)(H,23,26)/t17-/m0/s1. The van der Waals surface area contributed by atoms with Gasteiger partial charge in [-0.2, -0.15) is 0 Å². The number of aromatic nitrogens is 2. The van der Waals surface area contributed by atoms with Crippen molar-refractivity contribution in [1.82, 2.24) is 9.55 Å². The summed E-state index contributed by atoms with van der Waals surface area (Å²) in [5.41, 5.74) is 2.82. The number of imidazole rings is 1. The maximum absolute atomic E-state index is 14.4. The normalized spacial score (nSPS) is 19.4. The number of aryl methyl sites for hydroxylation is 1. The Kier molecular flexibility index (Phi) is 5.54. The number of ether oxygens (including phenoxy) is 2. The van der Waals surface area contributed by atoms with Crippen LogP contribution in [0.5, 0.6) is 6.01 Å². The molecule has 0 saturated heterocycles. The van der Waals surface area contributed by atoms with Crippen molar-refractivity contribution in [3.63, 3.8) is 0 Å². The number of amidine groups is 1. The summed E-state index contributed by atoms with van der Waals surface area (Å²) in [6.07, 6.45) is -0.913. The first-order valence-corrected chi connectivity index (χ1v) is 8.36. The first kappa shape index (κ1) is 19.7.